The first-order chi connectivity index (χ1) is 11.0. The number of nitrogens with two attached hydrogens (primary N) is 1. The Hall–Kier alpha value is -2.34. The van der Waals surface area contributed by atoms with Crippen molar-refractivity contribution >= 4 is 16.9 Å². The van der Waals surface area contributed by atoms with Crippen molar-refractivity contribution in [3.63, 3.8) is 0 Å². The monoisotopic (exact) mass is 320 g/mol. The number of benzene rings is 1. The molecule has 2 N–H and O–H groups in total. The van der Waals surface area contributed by atoms with Gasteiger partial charge < -0.3 is 19.8 Å². The summed E-state index contributed by atoms with van der Waals surface area (Å²) in [5.74, 6) is 0.181. The number of rotatable bonds is 6. The number of nitrogens with zero attached hydrogens (tertiary/aromatic N) is 1. The Morgan fingerprint density at radius 3 is 2.78 bits per heavy atom. The molecule has 124 valence electrons. The van der Waals surface area contributed by atoms with Gasteiger partial charge in [0.1, 0.15) is 12.4 Å². The molecule has 0 spiro atoms. The number of fused-ring (bicyclic) bond motifs is 1. The number of carbonyl (C=O) groups is 1. The zero-order chi connectivity index (χ0) is 17.0. The van der Waals surface area contributed by atoms with E-state index >= 15 is 0 Å². The molecule has 0 aliphatic heterocycles. The first kappa shape index (κ1) is 17.0. The third-order valence-corrected chi connectivity index (χ3v) is 3.78. The van der Waals surface area contributed by atoms with Gasteiger partial charge in [-0.05, 0) is 32.0 Å². The average Bonchev–Trinajstić information content (AvgIpc) is 2.79. The number of carbonyl (C=O) groups excluding carboxylic acids is 1. The number of aromatic nitrogens is 1. The van der Waals surface area contributed by atoms with Crippen molar-refractivity contribution in [1.82, 2.24) is 4.57 Å². The Bertz CT molecular complexity index is 750. The summed E-state index contributed by atoms with van der Waals surface area (Å²) in [6.07, 6.45) is 0.454. The molecule has 0 aliphatic rings. The Morgan fingerprint density at radius 2 is 2.17 bits per heavy atom. The Labute approximate surface area is 134 Å². The largest absolute Gasteiger partial charge is 0.489 e. The minimum absolute atomic E-state index is 0.0685. The van der Waals surface area contributed by atoms with Crippen LogP contribution in [0, 0.1) is 6.92 Å². The van der Waals surface area contributed by atoms with Gasteiger partial charge >= 0.3 is 5.97 Å². The highest BCUT2D eigenvalue weighted by molar-refractivity contribution is 6.06. The summed E-state index contributed by atoms with van der Waals surface area (Å²) in [6.45, 7) is 4.11. The number of ether oxygens (including phenoxy) is 2. The molecule has 0 amide bonds. The van der Waals surface area contributed by atoms with E-state index in [9.17, 15) is 9.18 Å². The van der Waals surface area contributed by atoms with Gasteiger partial charge in [-0.1, -0.05) is 0 Å². The van der Waals surface area contributed by atoms with Gasteiger partial charge in [-0.3, -0.25) is 0 Å². The summed E-state index contributed by atoms with van der Waals surface area (Å²) in [7, 11) is 1.89. The molecule has 2 aromatic rings. The van der Waals surface area contributed by atoms with E-state index in [0.717, 1.165) is 16.6 Å². The van der Waals surface area contributed by atoms with Gasteiger partial charge in [0.2, 0.25) is 0 Å². The molecule has 0 fully saturated rings. The van der Waals surface area contributed by atoms with E-state index in [-0.39, 0.29) is 19.1 Å². The van der Waals surface area contributed by atoms with Crippen LogP contribution < -0.4 is 10.5 Å². The van der Waals surface area contributed by atoms with E-state index in [1.165, 1.54) is 0 Å². The lowest BCUT2D eigenvalue weighted by Gasteiger charge is -2.08. The minimum Gasteiger partial charge on any atom is -0.489 e. The van der Waals surface area contributed by atoms with Crippen LogP contribution in [0.3, 0.4) is 0 Å². The van der Waals surface area contributed by atoms with Crippen molar-refractivity contribution in [3.05, 3.63) is 41.4 Å². The molecule has 2 rings (SSSR count). The molecule has 23 heavy (non-hydrogen) atoms. The lowest BCUT2D eigenvalue weighted by atomic mass is 10.1. The van der Waals surface area contributed by atoms with E-state index in [4.69, 9.17) is 15.2 Å². The zero-order valence-electron chi connectivity index (χ0n) is 13.6. The van der Waals surface area contributed by atoms with Crippen LogP contribution in [0.25, 0.3) is 10.9 Å². The molecule has 0 saturated heterocycles. The first-order valence-corrected chi connectivity index (χ1v) is 7.40. The van der Waals surface area contributed by atoms with E-state index in [1.807, 2.05) is 24.6 Å². The van der Waals surface area contributed by atoms with Gasteiger partial charge in [0.15, 0.2) is 0 Å². The standard InChI is InChI=1S/C17H21FN2O3/c1-4-22-17(21)16-11(2)20(3)15-6-5-13(7-14(15)16)23-10-12(8-18)9-19/h5-8H,4,9-10,19H2,1-3H3/b12-8-. The van der Waals surface area contributed by atoms with Gasteiger partial charge in [-0.15, -0.1) is 0 Å². The molecule has 0 bridgehead atoms. The highest BCUT2D eigenvalue weighted by Crippen LogP contribution is 2.29. The van der Waals surface area contributed by atoms with Gasteiger partial charge in [0, 0.05) is 35.8 Å². The maximum Gasteiger partial charge on any atom is 0.340 e. The summed E-state index contributed by atoms with van der Waals surface area (Å²) < 4.78 is 25.2. The summed E-state index contributed by atoms with van der Waals surface area (Å²) in [5, 5.41) is 0.750. The first-order valence-electron chi connectivity index (χ1n) is 7.40. The van der Waals surface area contributed by atoms with Crippen molar-refractivity contribution in [2.45, 2.75) is 13.8 Å². The van der Waals surface area contributed by atoms with Crippen LogP contribution in [-0.2, 0) is 11.8 Å². The van der Waals surface area contributed by atoms with Crippen molar-refractivity contribution < 1.29 is 18.7 Å². The second-order valence-corrected chi connectivity index (χ2v) is 5.18. The number of aryl methyl sites for hydroxylation is 1. The minimum atomic E-state index is -0.362. The summed E-state index contributed by atoms with van der Waals surface area (Å²) >= 11 is 0. The molecule has 1 aromatic carbocycles. The summed E-state index contributed by atoms with van der Waals surface area (Å²) in [6, 6.07) is 5.41. The van der Waals surface area contributed by atoms with Crippen molar-refractivity contribution in [2.75, 3.05) is 19.8 Å². The van der Waals surface area contributed by atoms with Crippen LogP contribution >= 0.6 is 0 Å². The van der Waals surface area contributed by atoms with E-state index in [2.05, 4.69) is 0 Å². The second-order valence-electron chi connectivity index (χ2n) is 5.18. The molecule has 0 aliphatic carbocycles. The fraction of sp³-hybridized carbons (Fsp3) is 0.353. The predicted molar refractivity (Wildman–Crippen MR) is 87.4 cm³/mol. The van der Waals surface area contributed by atoms with Gasteiger partial charge in [-0.2, -0.15) is 0 Å². The Balaban J connectivity index is 2.41. The Morgan fingerprint density at radius 1 is 1.43 bits per heavy atom. The topological polar surface area (TPSA) is 66.5 Å². The van der Waals surface area contributed by atoms with E-state index in [0.29, 0.717) is 29.8 Å². The van der Waals surface area contributed by atoms with Crippen molar-refractivity contribution in [1.29, 1.82) is 0 Å². The highest BCUT2D eigenvalue weighted by Gasteiger charge is 2.20. The van der Waals surface area contributed by atoms with Crippen LogP contribution in [0.1, 0.15) is 23.0 Å². The molecule has 0 saturated carbocycles. The second kappa shape index (κ2) is 7.28. The molecule has 0 unspecified atom stereocenters. The zero-order valence-corrected chi connectivity index (χ0v) is 13.6. The SMILES string of the molecule is CCOC(=O)c1c(C)n(C)c2ccc(OC/C(=C\F)CN)cc12. The summed E-state index contributed by atoms with van der Waals surface area (Å²) in [4.78, 5) is 12.2. The maximum absolute atomic E-state index is 12.5. The van der Waals surface area contributed by atoms with Gasteiger partial charge in [0.05, 0.1) is 18.5 Å². The fourth-order valence-electron chi connectivity index (χ4n) is 2.41. The predicted octanol–water partition coefficient (Wildman–Crippen LogP) is 2.85. The van der Waals surface area contributed by atoms with Crippen LogP contribution in [0.4, 0.5) is 4.39 Å². The third-order valence-electron chi connectivity index (χ3n) is 3.78. The normalized spacial score (nSPS) is 11.8. The molecular formula is C17H21FN2O3. The van der Waals surface area contributed by atoms with Crippen molar-refractivity contribution in [2.24, 2.45) is 12.8 Å². The lowest BCUT2D eigenvalue weighted by Crippen LogP contribution is -2.10. The highest BCUT2D eigenvalue weighted by atomic mass is 19.1. The van der Waals surface area contributed by atoms with E-state index in [1.54, 1.807) is 19.1 Å². The molecule has 0 atom stereocenters. The summed E-state index contributed by atoms with van der Waals surface area (Å²) in [5.41, 5.74) is 8.01. The molecule has 5 nitrogen and oxygen atoms in total. The number of hydrogen-bond acceptors (Lipinski definition) is 4. The van der Waals surface area contributed by atoms with Crippen LogP contribution in [-0.4, -0.2) is 30.3 Å². The van der Waals surface area contributed by atoms with Crippen molar-refractivity contribution in [3.8, 4) is 5.75 Å². The molecule has 1 heterocycles. The van der Waals surface area contributed by atoms with Crippen LogP contribution in [0.2, 0.25) is 0 Å². The molecular weight excluding hydrogens is 299 g/mol. The van der Waals surface area contributed by atoms with Crippen LogP contribution in [0.5, 0.6) is 5.75 Å². The third kappa shape index (κ3) is 3.37. The smallest absolute Gasteiger partial charge is 0.340 e. The lowest BCUT2D eigenvalue weighted by molar-refractivity contribution is 0.0527. The maximum atomic E-state index is 12.5. The molecule has 0 radical (unpaired) electrons. The average molecular weight is 320 g/mol. The Kier molecular flexibility index (Phi) is 5.39. The van der Waals surface area contributed by atoms with Crippen LogP contribution in [0.15, 0.2) is 30.1 Å². The van der Waals surface area contributed by atoms with E-state index < -0.39 is 0 Å². The fourth-order valence-corrected chi connectivity index (χ4v) is 2.41. The number of esters is 1. The molecule has 6 heteroatoms. The number of halogens is 1. The van der Waals surface area contributed by atoms with Gasteiger partial charge in [-0.25, -0.2) is 9.18 Å². The number of hydrogen-bond donors (Lipinski definition) is 1. The van der Waals surface area contributed by atoms with Gasteiger partial charge in [0.25, 0.3) is 0 Å². The quantitative estimate of drug-likeness (QED) is 0.831. The molecule has 1 aromatic heterocycles.